The zero-order valence-electron chi connectivity index (χ0n) is 12.7. The second-order valence-electron chi connectivity index (χ2n) is 5.49. The number of benzene rings is 2. The van der Waals surface area contributed by atoms with Gasteiger partial charge in [0, 0.05) is 13.1 Å². The fourth-order valence-electron chi connectivity index (χ4n) is 2.82. The van der Waals surface area contributed by atoms with E-state index in [1.165, 1.54) is 0 Å². The summed E-state index contributed by atoms with van der Waals surface area (Å²) in [5.74, 6) is 0.814. The molecule has 4 nitrogen and oxygen atoms in total. The van der Waals surface area contributed by atoms with Gasteiger partial charge in [-0.2, -0.15) is 4.31 Å². The van der Waals surface area contributed by atoms with Crippen LogP contribution < -0.4 is 4.74 Å². The van der Waals surface area contributed by atoms with Crippen LogP contribution in [0.5, 0.6) is 5.75 Å². The van der Waals surface area contributed by atoms with Crippen molar-refractivity contribution >= 4 is 10.0 Å². The SMILES string of the molecule is COc1ccc2c(c1)CCN(S(=O)(=O)c1ccccc1C)C2. The zero-order chi connectivity index (χ0) is 15.7. The highest BCUT2D eigenvalue weighted by Gasteiger charge is 2.29. The van der Waals surface area contributed by atoms with E-state index in [1.807, 2.05) is 37.3 Å². The van der Waals surface area contributed by atoms with Crippen molar-refractivity contribution in [1.29, 1.82) is 0 Å². The number of fused-ring (bicyclic) bond motifs is 1. The molecule has 0 saturated heterocycles. The molecule has 0 aromatic heterocycles. The van der Waals surface area contributed by atoms with Gasteiger partial charge in [0.15, 0.2) is 0 Å². The van der Waals surface area contributed by atoms with E-state index in [9.17, 15) is 8.42 Å². The van der Waals surface area contributed by atoms with Crippen molar-refractivity contribution < 1.29 is 13.2 Å². The van der Waals surface area contributed by atoms with Crippen molar-refractivity contribution in [3.8, 4) is 5.75 Å². The first kappa shape index (κ1) is 15.1. The van der Waals surface area contributed by atoms with E-state index in [2.05, 4.69) is 0 Å². The van der Waals surface area contributed by atoms with Crippen molar-refractivity contribution in [3.05, 3.63) is 59.2 Å². The minimum absolute atomic E-state index is 0.395. The number of hydrogen-bond donors (Lipinski definition) is 0. The summed E-state index contributed by atoms with van der Waals surface area (Å²) in [6, 6.07) is 12.9. The Morgan fingerprint density at radius 2 is 1.86 bits per heavy atom. The van der Waals surface area contributed by atoms with E-state index in [4.69, 9.17) is 4.74 Å². The molecule has 0 unspecified atom stereocenters. The van der Waals surface area contributed by atoms with Crippen molar-refractivity contribution in [1.82, 2.24) is 4.31 Å². The molecule has 0 aliphatic carbocycles. The van der Waals surface area contributed by atoms with Gasteiger partial charge in [0.2, 0.25) is 10.0 Å². The molecule has 0 saturated carbocycles. The van der Waals surface area contributed by atoms with E-state index in [1.54, 1.807) is 23.5 Å². The normalized spacial score (nSPS) is 15.4. The molecular weight excluding hydrogens is 298 g/mol. The maximum Gasteiger partial charge on any atom is 0.243 e. The highest BCUT2D eigenvalue weighted by molar-refractivity contribution is 7.89. The molecule has 1 aliphatic heterocycles. The van der Waals surface area contributed by atoms with Crippen LogP contribution in [0, 0.1) is 6.92 Å². The van der Waals surface area contributed by atoms with Crippen LogP contribution in [-0.4, -0.2) is 26.4 Å². The van der Waals surface area contributed by atoms with Gasteiger partial charge in [0.1, 0.15) is 5.75 Å². The van der Waals surface area contributed by atoms with Crippen LogP contribution in [0.1, 0.15) is 16.7 Å². The largest absolute Gasteiger partial charge is 0.497 e. The number of nitrogens with zero attached hydrogens (tertiary/aromatic N) is 1. The fourth-order valence-corrected chi connectivity index (χ4v) is 4.46. The minimum atomic E-state index is -3.45. The molecule has 1 aliphatic rings. The minimum Gasteiger partial charge on any atom is -0.497 e. The Bertz CT molecular complexity index is 799. The van der Waals surface area contributed by atoms with Gasteiger partial charge in [0.25, 0.3) is 0 Å². The zero-order valence-corrected chi connectivity index (χ0v) is 13.6. The summed E-state index contributed by atoms with van der Waals surface area (Å²) in [4.78, 5) is 0.395. The first-order chi connectivity index (χ1) is 10.5. The van der Waals surface area contributed by atoms with Crippen molar-refractivity contribution in [2.24, 2.45) is 0 Å². The monoisotopic (exact) mass is 317 g/mol. The lowest BCUT2D eigenvalue weighted by atomic mass is 10.0. The van der Waals surface area contributed by atoms with Gasteiger partial charge >= 0.3 is 0 Å². The molecular formula is C17H19NO3S. The van der Waals surface area contributed by atoms with Crippen LogP contribution in [0.3, 0.4) is 0 Å². The van der Waals surface area contributed by atoms with Gasteiger partial charge in [-0.1, -0.05) is 24.3 Å². The fraction of sp³-hybridized carbons (Fsp3) is 0.294. The number of rotatable bonds is 3. The van der Waals surface area contributed by atoms with E-state index in [-0.39, 0.29) is 0 Å². The lowest BCUT2D eigenvalue weighted by molar-refractivity contribution is 0.386. The molecule has 1 heterocycles. The molecule has 2 aromatic rings. The summed E-state index contributed by atoms with van der Waals surface area (Å²) >= 11 is 0. The van der Waals surface area contributed by atoms with Gasteiger partial charge in [-0.3, -0.25) is 0 Å². The lowest BCUT2D eigenvalue weighted by Crippen LogP contribution is -2.36. The summed E-state index contributed by atoms with van der Waals surface area (Å²) in [6.45, 7) is 2.74. The highest BCUT2D eigenvalue weighted by Crippen LogP contribution is 2.28. The average Bonchev–Trinajstić information content (AvgIpc) is 2.54. The Morgan fingerprint density at radius 3 is 2.59 bits per heavy atom. The molecule has 0 amide bonds. The summed E-state index contributed by atoms with van der Waals surface area (Å²) in [6.07, 6.45) is 0.706. The highest BCUT2D eigenvalue weighted by atomic mass is 32.2. The Kier molecular flexibility index (Phi) is 3.93. The third kappa shape index (κ3) is 2.62. The standard InChI is InChI=1S/C17H19NO3S/c1-13-5-3-4-6-17(13)22(19,20)18-10-9-14-11-16(21-2)8-7-15(14)12-18/h3-8,11H,9-10,12H2,1-2H3. The molecule has 3 rings (SSSR count). The third-order valence-electron chi connectivity index (χ3n) is 4.10. The second-order valence-corrected chi connectivity index (χ2v) is 7.40. The van der Waals surface area contributed by atoms with Gasteiger partial charge in [0.05, 0.1) is 12.0 Å². The molecule has 0 fully saturated rings. The Morgan fingerprint density at radius 1 is 1.09 bits per heavy atom. The van der Waals surface area contributed by atoms with Gasteiger partial charge < -0.3 is 4.74 Å². The van der Waals surface area contributed by atoms with Crippen molar-refractivity contribution in [3.63, 3.8) is 0 Å². The number of sulfonamides is 1. The predicted octanol–water partition coefficient (Wildman–Crippen LogP) is 2.75. The third-order valence-corrected chi connectivity index (χ3v) is 6.11. The first-order valence-corrected chi connectivity index (χ1v) is 8.68. The lowest BCUT2D eigenvalue weighted by Gasteiger charge is -2.28. The molecule has 0 radical (unpaired) electrons. The molecule has 2 aromatic carbocycles. The van der Waals surface area contributed by atoms with Crippen LogP contribution in [-0.2, 0) is 23.0 Å². The van der Waals surface area contributed by atoms with E-state index in [0.717, 1.165) is 22.4 Å². The maximum absolute atomic E-state index is 12.8. The summed E-state index contributed by atoms with van der Waals surface area (Å²) in [7, 11) is -1.81. The number of hydrogen-bond acceptors (Lipinski definition) is 3. The number of aryl methyl sites for hydroxylation is 1. The molecule has 0 atom stereocenters. The quantitative estimate of drug-likeness (QED) is 0.874. The maximum atomic E-state index is 12.8. The van der Waals surface area contributed by atoms with Crippen LogP contribution in [0.25, 0.3) is 0 Å². The molecule has 0 spiro atoms. The van der Waals surface area contributed by atoms with E-state index in [0.29, 0.717) is 24.4 Å². The van der Waals surface area contributed by atoms with Gasteiger partial charge in [-0.15, -0.1) is 0 Å². The second kappa shape index (κ2) is 5.74. The Balaban J connectivity index is 1.93. The first-order valence-electron chi connectivity index (χ1n) is 7.24. The van der Waals surface area contributed by atoms with Crippen molar-refractivity contribution in [2.75, 3.05) is 13.7 Å². The van der Waals surface area contributed by atoms with Crippen LogP contribution in [0.15, 0.2) is 47.4 Å². The molecule has 0 N–H and O–H groups in total. The predicted molar refractivity (Wildman–Crippen MR) is 85.5 cm³/mol. The van der Waals surface area contributed by atoms with E-state index >= 15 is 0 Å². The number of methoxy groups -OCH3 is 1. The van der Waals surface area contributed by atoms with Crippen LogP contribution >= 0.6 is 0 Å². The van der Waals surface area contributed by atoms with E-state index < -0.39 is 10.0 Å². The summed E-state index contributed by atoms with van der Waals surface area (Å²) in [5, 5.41) is 0. The number of ether oxygens (including phenoxy) is 1. The molecule has 0 bridgehead atoms. The topological polar surface area (TPSA) is 46.6 Å². The van der Waals surface area contributed by atoms with Crippen LogP contribution in [0.4, 0.5) is 0 Å². The van der Waals surface area contributed by atoms with Gasteiger partial charge in [-0.05, 0) is 48.2 Å². The summed E-state index contributed by atoms with van der Waals surface area (Å²) < 4.78 is 32.5. The molecule has 116 valence electrons. The molecule has 22 heavy (non-hydrogen) atoms. The van der Waals surface area contributed by atoms with Gasteiger partial charge in [-0.25, -0.2) is 8.42 Å². The average molecular weight is 317 g/mol. The Hall–Kier alpha value is -1.85. The van der Waals surface area contributed by atoms with Crippen molar-refractivity contribution in [2.45, 2.75) is 24.8 Å². The molecule has 5 heteroatoms. The smallest absolute Gasteiger partial charge is 0.243 e. The summed E-state index contributed by atoms with van der Waals surface area (Å²) in [5.41, 5.74) is 2.99. The van der Waals surface area contributed by atoms with Crippen LogP contribution in [0.2, 0.25) is 0 Å². The Labute approximate surface area is 131 Å².